The molecule has 3 rings (SSSR count). The molecule has 0 aromatic heterocycles. The summed E-state index contributed by atoms with van der Waals surface area (Å²) in [5.74, 6) is 4.85. The van der Waals surface area contributed by atoms with E-state index < -0.39 is 0 Å². The summed E-state index contributed by atoms with van der Waals surface area (Å²) in [6.07, 6.45) is 16.7. The van der Waals surface area contributed by atoms with Crippen molar-refractivity contribution in [3.05, 3.63) is 0 Å². The fourth-order valence-electron chi connectivity index (χ4n) is 5.94. The number of carbonyl (C=O) groups excluding carboxylic acids is 2. The van der Waals surface area contributed by atoms with Crippen LogP contribution in [0.1, 0.15) is 118 Å². The Labute approximate surface area is 202 Å². The van der Waals surface area contributed by atoms with Crippen LogP contribution in [0.4, 0.5) is 0 Å². The van der Waals surface area contributed by atoms with Gasteiger partial charge in [0.25, 0.3) is 0 Å². The zero-order chi connectivity index (χ0) is 23.5. The second-order valence-corrected chi connectivity index (χ2v) is 11.8. The highest BCUT2D eigenvalue weighted by molar-refractivity contribution is 8.13. The number of fused-ring (bicyclic) bond motifs is 5. The summed E-state index contributed by atoms with van der Waals surface area (Å²) in [6.45, 7) is 10.4. The van der Waals surface area contributed by atoms with E-state index in [0.717, 1.165) is 42.8 Å². The number of esters is 1. The van der Waals surface area contributed by atoms with E-state index in [9.17, 15) is 9.59 Å². The van der Waals surface area contributed by atoms with Crippen molar-refractivity contribution in [3.8, 4) is 0 Å². The fourth-order valence-corrected chi connectivity index (χ4v) is 6.94. The van der Waals surface area contributed by atoms with Crippen molar-refractivity contribution in [3.63, 3.8) is 0 Å². The standard InChI is InChI=1S/C15H24O2.C13H26OS/c1-3-9(2)15(16)17-14-8-10-7-13(14)12-6-4-5-11(10)12;1-4-6-7-8-9-10-11-15-13(14)12(3)5-2/h9-14H,3-8H2,1-2H3;12H,4-11H2,1-3H3. The summed E-state index contributed by atoms with van der Waals surface area (Å²) in [7, 11) is 0. The molecule has 0 aromatic rings. The van der Waals surface area contributed by atoms with Gasteiger partial charge >= 0.3 is 5.97 Å². The Kier molecular flexibility index (Phi) is 12.7. The summed E-state index contributed by atoms with van der Waals surface area (Å²) >= 11 is 1.53. The molecule has 32 heavy (non-hydrogen) atoms. The van der Waals surface area contributed by atoms with Gasteiger partial charge in [0, 0.05) is 11.7 Å². The molecule has 3 nitrogen and oxygen atoms in total. The van der Waals surface area contributed by atoms with E-state index in [4.69, 9.17) is 4.74 Å². The number of hydrogen-bond donors (Lipinski definition) is 0. The maximum atomic E-state index is 11.9. The maximum absolute atomic E-state index is 11.9. The van der Waals surface area contributed by atoms with E-state index in [0.29, 0.717) is 11.0 Å². The second-order valence-electron chi connectivity index (χ2n) is 10.7. The van der Waals surface area contributed by atoms with E-state index in [1.807, 2.05) is 13.8 Å². The summed E-state index contributed by atoms with van der Waals surface area (Å²) in [6, 6.07) is 0. The number of rotatable bonds is 12. The predicted octanol–water partition coefficient (Wildman–Crippen LogP) is 8.05. The molecule has 186 valence electrons. The van der Waals surface area contributed by atoms with E-state index >= 15 is 0 Å². The molecule has 4 heteroatoms. The molecule has 0 spiro atoms. The van der Waals surface area contributed by atoms with Crippen LogP contribution >= 0.6 is 11.8 Å². The Morgan fingerprint density at radius 3 is 2.19 bits per heavy atom. The van der Waals surface area contributed by atoms with Crippen LogP contribution in [0.15, 0.2) is 0 Å². The molecule has 0 N–H and O–H groups in total. The first-order chi connectivity index (χ1) is 15.4. The first-order valence-electron chi connectivity index (χ1n) is 13.8. The highest BCUT2D eigenvalue weighted by Crippen LogP contribution is 2.59. The lowest BCUT2D eigenvalue weighted by atomic mass is 9.80. The van der Waals surface area contributed by atoms with E-state index in [1.54, 1.807) is 0 Å². The first kappa shape index (κ1) is 27.7. The van der Waals surface area contributed by atoms with Gasteiger partial charge in [0.15, 0.2) is 5.12 Å². The number of hydrogen-bond acceptors (Lipinski definition) is 4. The van der Waals surface area contributed by atoms with Gasteiger partial charge in [0.1, 0.15) is 6.10 Å². The van der Waals surface area contributed by atoms with Crippen molar-refractivity contribution in [2.45, 2.75) is 124 Å². The van der Waals surface area contributed by atoms with E-state index in [-0.39, 0.29) is 23.9 Å². The van der Waals surface area contributed by atoms with Crippen LogP contribution < -0.4 is 0 Å². The van der Waals surface area contributed by atoms with Gasteiger partial charge in [-0.3, -0.25) is 9.59 Å². The van der Waals surface area contributed by atoms with Gasteiger partial charge in [-0.15, -0.1) is 0 Å². The molecule has 0 aliphatic heterocycles. The number of thioether (sulfide) groups is 1. The number of carbonyl (C=O) groups is 2. The minimum Gasteiger partial charge on any atom is -0.462 e. The second kappa shape index (κ2) is 14.7. The van der Waals surface area contributed by atoms with E-state index in [1.165, 1.54) is 76.0 Å². The van der Waals surface area contributed by atoms with Crippen molar-refractivity contribution in [2.75, 3.05) is 5.75 Å². The van der Waals surface area contributed by atoms with Crippen molar-refractivity contribution in [1.82, 2.24) is 0 Å². The highest BCUT2D eigenvalue weighted by Gasteiger charge is 2.55. The zero-order valence-electron chi connectivity index (χ0n) is 21.6. The number of unbranched alkanes of at least 4 members (excludes halogenated alkanes) is 5. The molecular formula is C28H50O3S. The molecule has 2 bridgehead atoms. The SMILES string of the molecule is CCC(C)C(=O)OC1CC2CC1C1CCCC21.CCCCCCCCSC(=O)C(C)CC. The third-order valence-electron chi connectivity index (χ3n) is 8.41. The third kappa shape index (κ3) is 8.06. The van der Waals surface area contributed by atoms with Crippen LogP contribution in [-0.4, -0.2) is 22.9 Å². The van der Waals surface area contributed by atoms with Crippen molar-refractivity contribution in [1.29, 1.82) is 0 Å². The molecule has 3 aliphatic rings. The van der Waals surface area contributed by atoms with Gasteiger partial charge in [0.2, 0.25) is 0 Å². The van der Waals surface area contributed by atoms with Crippen molar-refractivity contribution >= 4 is 22.8 Å². The van der Waals surface area contributed by atoms with Crippen LogP contribution in [0.25, 0.3) is 0 Å². The highest BCUT2D eigenvalue weighted by atomic mass is 32.2. The average Bonchev–Trinajstić information content (AvgIpc) is 3.51. The molecule has 7 unspecified atom stereocenters. The molecule has 0 saturated heterocycles. The van der Waals surface area contributed by atoms with Crippen LogP contribution in [0.2, 0.25) is 0 Å². The van der Waals surface area contributed by atoms with E-state index in [2.05, 4.69) is 20.8 Å². The molecular weight excluding hydrogens is 416 g/mol. The summed E-state index contributed by atoms with van der Waals surface area (Å²) in [5.41, 5.74) is 0. The fraction of sp³-hybridized carbons (Fsp3) is 0.929. The van der Waals surface area contributed by atoms with Gasteiger partial charge in [-0.05, 0) is 68.6 Å². The molecule has 0 heterocycles. The van der Waals surface area contributed by atoms with Crippen LogP contribution in [0, 0.1) is 35.5 Å². The van der Waals surface area contributed by atoms with Gasteiger partial charge < -0.3 is 4.74 Å². The topological polar surface area (TPSA) is 43.4 Å². The lowest BCUT2D eigenvalue weighted by Gasteiger charge is -2.31. The minimum absolute atomic E-state index is 0.0413. The normalized spacial score (nSPS) is 29.7. The summed E-state index contributed by atoms with van der Waals surface area (Å²) < 4.78 is 5.77. The summed E-state index contributed by atoms with van der Waals surface area (Å²) in [5, 5.41) is 0.381. The van der Waals surface area contributed by atoms with Gasteiger partial charge in [-0.2, -0.15) is 0 Å². The van der Waals surface area contributed by atoms with Crippen molar-refractivity contribution < 1.29 is 14.3 Å². The van der Waals surface area contributed by atoms with Crippen LogP contribution in [-0.2, 0) is 14.3 Å². The smallest absolute Gasteiger partial charge is 0.308 e. The lowest BCUT2D eigenvalue weighted by Crippen LogP contribution is -2.33. The Balaban J connectivity index is 0.000000230. The molecule has 7 atom stereocenters. The van der Waals surface area contributed by atoms with Gasteiger partial charge in [-0.1, -0.05) is 84.9 Å². The molecule has 0 amide bonds. The number of ether oxygens (including phenoxy) is 1. The predicted molar refractivity (Wildman–Crippen MR) is 137 cm³/mol. The minimum atomic E-state index is 0.0413. The molecule has 0 aromatic carbocycles. The maximum Gasteiger partial charge on any atom is 0.308 e. The van der Waals surface area contributed by atoms with Crippen molar-refractivity contribution in [2.24, 2.45) is 35.5 Å². The third-order valence-corrected chi connectivity index (χ3v) is 9.59. The largest absolute Gasteiger partial charge is 0.462 e. The molecule has 3 saturated carbocycles. The first-order valence-corrected chi connectivity index (χ1v) is 14.8. The molecule has 0 radical (unpaired) electrons. The molecule has 3 aliphatic carbocycles. The van der Waals surface area contributed by atoms with Gasteiger partial charge in [0.05, 0.1) is 5.92 Å². The zero-order valence-corrected chi connectivity index (χ0v) is 22.4. The average molecular weight is 467 g/mol. The molecule has 3 fully saturated rings. The summed E-state index contributed by atoms with van der Waals surface area (Å²) in [4.78, 5) is 23.3. The lowest BCUT2D eigenvalue weighted by molar-refractivity contribution is -0.157. The van der Waals surface area contributed by atoms with Gasteiger partial charge in [-0.25, -0.2) is 0 Å². The van der Waals surface area contributed by atoms with Crippen LogP contribution in [0.3, 0.4) is 0 Å². The Hall–Kier alpha value is -0.510. The Morgan fingerprint density at radius 1 is 0.844 bits per heavy atom. The Bertz CT molecular complexity index is 563. The van der Waals surface area contributed by atoms with Crippen LogP contribution in [0.5, 0.6) is 0 Å². The Morgan fingerprint density at radius 2 is 1.50 bits per heavy atom. The monoisotopic (exact) mass is 466 g/mol. The quantitative estimate of drug-likeness (QED) is 0.215.